The quantitative estimate of drug-likeness (QED) is 0.857. The molecule has 0 amide bonds. The van der Waals surface area contributed by atoms with Gasteiger partial charge >= 0.3 is 0 Å². The number of benzene rings is 1. The highest BCUT2D eigenvalue weighted by Gasteiger charge is 2.24. The molecular weight excluding hydrogens is 210 g/mol. The monoisotopic (exact) mass is 233 g/mol. The van der Waals surface area contributed by atoms with Crippen LogP contribution in [0.2, 0.25) is 0 Å². The Bertz CT molecular complexity index is 333. The molecule has 0 spiro atoms. The molecular formula is C15H23NO. The molecule has 1 saturated carbocycles. The summed E-state index contributed by atoms with van der Waals surface area (Å²) in [6, 6.07) is 9.24. The lowest BCUT2D eigenvalue weighted by atomic mass is 9.92. The van der Waals surface area contributed by atoms with Crippen LogP contribution >= 0.6 is 0 Å². The molecule has 1 aromatic rings. The van der Waals surface area contributed by atoms with Crippen molar-refractivity contribution in [3.63, 3.8) is 0 Å². The Balaban J connectivity index is 1.98. The van der Waals surface area contributed by atoms with Crippen molar-refractivity contribution in [3.05, 3.63) is 29.8 Å². The Hall–Kier alpha value is -1.02. The van der Waals surface area contributed by atoms with Gasteiger partial charge in [-0.05, 0) is 37.0 Å². The highest BCUT2D eigenvalue weighted by atomic mass is 16.5. The van der Waals surface area contributed by atoms with Crippen LogP contribution in [0.4, 0.5) is 5.69 Å². The number of rotatable bonds is 4. The lowest BCUT2D eigenvalue weighted by Gasteiger charge is -2.31. The largest absolute Gasteiger partial charge is 0.380 e. The van der Waals surface area contributed by atoms with Crippen molar-refractivity contribution < 1.29 is 4.74 Å². The van der Waals surface area contributed by atoms with Gasteiger partial charge in [-0.1, -0.05) is 31.9 Å². The van der Waals surface area contributed by atoms with E-state index in [1.54, 1.807) is 0 Å². The first-order valence-electron chi connectivity index (χ1n) is 6.71. The molecule has 2 atom stereocenters. The number of hydrogen-bond donors (Lipinski definition) is 1. The Morgan fingerprint density at radius 1 is 1.18 bits per heavy atom. The minimum absolute atomic E-state index is 0.370. The van der Waals surface area contributed by atoms with Gasteiger partial charge in [-0.3, -0.25) is 0 Å². The number of aryl methyl sites for hydroxylation is 1. The smallest absolute Gasteiger partial charge is 0.0772 e. The Morgan fingerprint density at radius 3 is 2.53 bits per heavy atom. The van der Waals surface area contributed by atoms with E-state index in [9.17, 15) is 0 Å². The number of methoxy groups -OCH3 is 1. The molecule has 2 rings (SSSR count). The molecule has 2 unspecified atom stereocenters. The van der Waals surface area contributed by atoms with Crippen molar-refractivity contribution in [1.29, 1.82) is 0 Å². The molecule has 0 heterocycles. The Labute approximate surface area is 104 Å². The lowest BCUT2D eigenvalue weighted by molar-refractivity contribution is 0.0606. The molecule has 0 saturated heterocycles. The Kier molecular flexibility index (Phi) is 4.43. The van der Waals surface area contributed by atoms with Crippen molar-refractivity contribution in [3.8, 4) is 0 Å². The molecule has 0 aromatic heterocycles. The van der Waals surface area contributed by atoms with Crippen molar-refractivity contribution >= 4 is 5.69 Å². The van der Waals surface area contributed by atoms with E-state index in [0.717, 1.165) is 6.42 Å². The van der Waals surface area contributed by atoms with Gasteiger partial charge in [0.05, 0.1) is 12.1 Å². The fraction of sp³-hybridized carbons (Fsp3) is 0.600. The first-order chi connectivity index (χ1) is 8.33. The van der Waals surface area contributed by atoms with Crippen molar-refractivity contribution in [2.75, 3.05) is 12.4 Å². The molecule has 17 heavy (non-hydrogen) atoms. The number of hydrogen-bond acceptors (Lipinski definition) is 2. The third-order valence-corrected chi connectivity index (χ3v) is 3.72. The van der Waals surface area contributed by atoms with E-state index in [-0.39, 0.29) is 0 Å². The zero-order chi connectivity index (χ0) is 12.1. The van der Waals surface area contributed by atoms with Gasteiger partial charge < -0.3 is 10.1 Å². The summed E-state index contributed by atoms with van der Waals surface area (Å²) in [6.07, 6.45) is 6.48. The maximum absolute atomic E-state index is 5.56. The summed E-state index contributed by atoms with van der Waals surface area (Å²) >= 11 is 0. The molecule has 0 bridgehead atoms. The third kappa shape index (κ3) is 3.22. The first-order valence-corrected chi connectivity index (χ1v) is 6.71. The average molecular weight is 233 g/mol. The van der Waals surface area contributed by atoms with Crippen LogP contribution < -0.4 is 5.32 Å². The van der Waals surface area contributed by atoms with Crippen LogP contribution in [0, 0.1) is 0 Å². The highest BCUT2D eigenvalue weighted by Crippen LogP contribution is 2.24. The lowest BCUT2D eigenvalue weighted by Crippen LogP contribution is -2.37. The second-order valence-electron chi connectivity index (χ2n) is 4.86. The van der Waals surface area contributed by atoms with E-state index in [4.69, 9.17) is 4.74 Å². The van der Waals surface area contributed by atoms with E-state index < -0.39 is 0 Å². The maximum Gasteiger partial charge on any atom is 0.0772 e. The van der Waals surface area contributed by atoms with Gasteiger partial charge in [0.25, 0.3) is 0 Å². The summed E-state index contributed by atoms with van der Waals surface area (Å²) in [6.45, 7) is 2.19. The molecule has 1 fully saturated rings. The van der Waals surface area contributed by atoms with E-state index in [1.165, 1.54) is 36.9 Å². The normalized spacial score (nSPS) is 24.6. The van der Waals surface area contributed by atoms with Crippen LogP contribution in [-0.4, -0.2) is 19.3 Å². The van der Waals surface area contributed by atoms with Gasteiger partial charge in [0.15, 0.2) is 0 Å². The van der Waals surface area contributed by atoms with Gasteiger partial charge in [-0.25, -0.2) is 0 Å². The first kappa shape index (κ1) is 12.4. The van der Waals surface area contributed by atoms with Crippen LogP contribution in [0.5, 0.6) is 0 Å². The zero-order valence-electron chi connectivity index (χ0n) is 10.9. The molecule has 2 nitrogen and oxygen atoms in total. The van der Waals surface area contributed by atoms with Crippen molar-refractivity contribution in [1.82, 2.24) is 0 Å². The number of nitrogens with one attached hydrogen (secondary N) is 1. The summed E-state index contributed by atoms with van der Waals surface area (Å²) in [5.41, 5.74) is 2.61. The fourth-order valence-electron chi connectivity index (χ4n) is 2.59. The molecule has 0 radical (unpaired) electrons. The van der Waals surface area contributed by atoms with Crippen molar-refractivity contribution in [2.45, 2.75) is 51.2 Å². The van der Waals surface area contributed by atoms with Crippen LogP contribution in [-0.2, 0) is 11.2 Å². The summed E-state index contributed by atoms with van der Waals surface area (Å²) in [4.78, 5) is 0. The third-order valence-electron chi connectivity index (χ3n) is 3.72. The van der Waals surface area contributed by atoms with Crippen LogP contribution in [0.1, 0.15) is 38.2 Å². The molecule has 2 heteroatoms. The number of ether oxygens (including phenoxy) is 1. The minimum Gasteiger partial charge on any atom is -0.380 e. The van der Waals surface area contributed by atoms with E-state index in [2.05, 4.69) is 36.5 Å². The summed E-state index contributed by atoms with van der Waals surface area (Å²) in [5, 5.41) is 3.61. The molecule has 0 aliphatic heterocycles. The van der Waals surface area contributed by atoms with E-state index in [0.29, 0.717) is 12.1 Å². The van der Waals surface area contributed by atoms with Gasteiger partial charge in [0, 0.05) is 12.8 Å². The van der Waals surface area contributed by atoms with Crippen molar-refractivity contribution in [2.24, 2.45) is 0 Å². The summed E-state index contributed by atoms with van der Waals surface area (Å²) < 4.78 is 5.56. The molecule has 1 N–H and O–H groups in total. The second kappa shape index (κ2) is 6.06. The van der Waals surface area contributed by atoms with Gasteiger partial charge in [-0.2, -0.15) is 0 Å². The topological polar surface area (TPSA) is 21.3 Å². The van der Waals surface area contributed by atoms with Gasteiger partial charge in [0.1, 0.15) is 0 Å². The summed E-state index contributed by atoms with van der Waals surface area (Å²) in [5.74, 6) is 0. The molecule has 1 aliphatic rings. The molecule has 1 aliphatic carbocycles. The SMILES string of the molecule is CCc1ccc(NC2CCCCC2OC)cc1. The Morgan fingerprint density at radius 2 is 1.88 bits per heavy atom. The average Bonchev–Trinajstić information content (AvgIpc) is 2.40. The zero-order valence-corrected chi connectivity index (χ0v) is 10.9. The summed E-state index contributed by atoms with van der Waals surface area (Å²) in [7, 11) is 1.82. The minimum atomic E-state index is 0.370. The maximum atomic E-state index is 5.56. The fourth-order valence-corrected chi connectivity index (χ4v) is 2.59. The molecule has 1 aromatic carbocycles. The van der Waals surface area contributed by atoms with Gasteiger partial charge in [0.2, 0.25) is 0 Å². The number of anilines is 1. The van der Waals surface area contributed by atoms with Crippen LogP contribution in [0.3, 0.4) is 0 Å². The predicted octanol–water partition coefficient (Wildman–Crippen LogP) is 3.62. The van der Waals surface area contributed by atoms with Crippen LogP contribution in [0.15, 0.2) is 24.3 Å². The van der Waals surface area contributed by atoms with E-state index >= 15 is 0 Å². The predicted molar refractivity (Wildman–Crippen MR) is 72.5 cm³/mol. The highest BCUT2D eigenvalue weighted by molar-refractivity contribution is 5.45. The standard InChI is InChI=1S/C15H23NO/c1-3-12-8-10-13(11-9-12)16-14-6-4-5-7-15(14)17-2/h8-11,14-16H,3-7H2,1-2H3. The second-order valence-corrected chi connectivity index (χ2v) is 4.86. The molecule has 94 valence electrons. The van der Waals surface area contributed by atoms with Crippen LogP contribution in [0.25, 0.3) is 0 Å². The van der Waals surface area contributed by atoms with E-state index in [1.807, 2.05) is 7.11 Å². The van der Waals surface area contributed by atoms with Gasteiger partial charge in [-0.15, -0.1) is 0 Å².